The average Bonchev–Trinajstić information content (AvgIpc) is 2.71. The molecule has 0 fully saturated rings. The lowest BCUT2D eigenvalue weighted by molar-refractivity contribution is 0.0852. The fraction of sp³-hybridized carbons (Fsp3) is 0.118. The largest absolute Gasteiger partial charge is 0.308 e. The van der Waals surface area contributed by atoms with Crippen molar-refractivity contribution in [1.29, 1.82) is 0 Å². The number of fused-ring (bicyclic) bond motifs is 1. The summed E-state index contributed by atoms with van der Waals surface area (Å²) in [6, 6.07) is 17.9. The van der Waals surface area contributed by atoms with Crippen LogP contribution in [-0.2, 0) is 6.42 Å². The monoisotopic (exact) mass is 249 g/mol. The fourth-order valence-corrected chi connectivity index (χ4v) is 2.46. The molecule has 2 aromatic carbocycles. The minimum absolute atomic E-state index is 0.0662. The van der Waals surface area contributed by atoms with E-state index in [0.717, 1.165) is 23.2 Å². The predicted molar refractivity (Wildman–Crippen MR) is 76.7 cm³/mol. The quantitative estimate of drug-likeness (QED) is 0.816. The van der Waals surface area contributed by atoms with Crippen LogP contribution in [0.25, 0.3) is 5.70 Å². The van der Waals surface area contributed by atoms with Crippen LogP contribution in [0.3, 0.4) is 0 Å². The summed E-state index contributed by atoms with van der Waals surface area (Å²) in [6.45, 7) is 4.72. The van der Waals surface area contributed by atoms with Crippen molar-refractivity contribution < 1.29 is 4.79 Å². The molecule has 1 heterocycles. The lowest BCUT2D eigenvalue weighted by Crippen LogP contribution is -2.25. The van der Waals surface area contributed by atoms with E-state index in [9.17, 15) is 4.79 Å². The molecular formula is C17H15NO. The number of carbonyl (C=O) groups is 1. The van der Waals surface area contributed by atoms with Crippen LogP contribution in [0.15, 0.2) is 61.2 Å². The summed E-state index contributed by atoms with van der Waals surface area (Å²) in [4.78, 5) is 14.1. The van der Waals surface area contributed by atoms with Gasteiger partial charge in [0.15, 0.2) is 0 Å². The van der Waals surface area contributed by atoms with Crippen molar-refractivity contribution in [3.05, 3.63) is 77.9 Å². The summed E-state index contributed by atoms with van der Waals surface area (Å²) in [5.41, 5.74) is 3.77. The van der Waals surface area contributed by atoms with Crippen LogP contribution in [0, 0.1) is 0 Å². The summed E-state index contributed by atoms with van der Waals surface area (Å²) in [5, 5.41) is 0. The molecule has 19 heavy (non-hydrogen) atoms. The molecule has 0 bridgehead atoms. The highest BCUT2D eigenvalue weighted by molar-refractivity contribution is 6.08. The Bertz CT molecular complexity index is 596. The number of hydrogen-bond donors (Lipinski definition) is 0. The molecule has 0 saturated carbocycles. The van der Waals surface area contributed by atoms with E-state index in [4.69, 9.17) is 0 Å². The molecule has 0 radical (unpaired) electrons. The van der Waals surface area contributed by atoms with Crippen molar-refractivity contribution in [3.8, 4) is 0 Å². The Morgan fingerprint density at radius 3 is 2.21 bits per heavy atom. The van der Waals surface area contributed by atoms with Crippen molar-refractivity contribution in [1.82, 2.24) is 4.90 Å². The van der Waals surface area contributed by atoms with E-state index < -0.39 is 0 Å². The van der Waals surface area contributed by atoms with E-state index in [0.29, 0.717) is 6.54 Å². The first kappa shape index (κ1) is 11.7. The van der Waals surface area contributed by atoms with Gasteiger partial charge in [-0.25, -0.2) is 0 Å². The Labute approximate surface area is 113 Å². The van der Waals surface area contributed by atoms with E-state index in [1.54, 1.807) is 4.90 Å². The van der Waals surface area contributed by atoms with Gasteiger partial charge in [-0.05, 0) is 18.1 Å². The number of hydrogen-bond acceptors (Lipinski definition) is 1. The van der Waals surface area contributed by atoms with Gasteiger partial charge in [-0.2, -0.15) is 0 Å². The molecule has 0 atom stereocenters. The first-order valence-electron chi connectivity index (χ1n) is 6.41. The summed E-state index contributed by atoms with van der Waals surface area (Å²) in [5.74, 6) is 0.0662. The molecule has 94 valence electrons. The molecule has 0 aliphatic carbocycles. The number of rotatable bonds is 3. The fourth-order valence-electron chi connectivity index (χ4n) is 2.46. The van der Waals surface area contributed by atoms with Crippen molar-refractivity contribution in [3.63, 3.8) is 0 Å². The number of benzene rings is 2. The molecule has 0 unspecified atom stereocenters. The van der Waals surface area contributed by atoms with Gasteiger partial charge in [0.05, 0.1) is 0 Å². The maximum Gasteiger partial charge on any atom is 0.258 e. The topological polar surface area (TPSA) is 20.3 Å². The second-order valence-corrected chi connectivity index (χ2v) is 4.68. The van der Waals surface area contributed by atoms with Gasteiger partial charge in [0.25, 0.3) is 5.91 Å². The van der Waals surface area contributed by atoms with E-state index in [2.05, 4.69) is 18.7 Å². The van der Waals surface area contributed by atoms with Crippen LogP contribution in [0.1, 0.15) is 21.5 Å². The third-order valence-electron chi connectivity index (χ3n) is 3.51. The lowest BCUT2D eigenvalue weighted by atomic mass is 10.1. The zero-order valence-corrected chi connectivity index (χ0v) is 10.7. The summed E-state index contributed by atoms with van der Waals surface area (Å²) >= 11 is 0. The van der Waals surface area contributed by atoms with Gasteiger partial charge in [0.1, 0.15) is 0 Å². The van der Waals surface area contributed by atoms with Crippen molar-refractivity contribution in [2.45, 2.75) is 6.42 Å². The smallest absolute Gasteiger partial charge is 0.258 e. The molecule has 2 nitrogen and oxygen atoms in total. The Kier molecular flexibility index (Phi) is 2.92. The van der Waals surface area contributed by atoms with Crippen LogP contribution >= 0.6 is 0 Å². The number of nitrogens with zero attached hydrogens (tertiary/aromatic N) is 1. The van der Waals surface area contributed by atoms with E-state index in [1.165, 1.54) is 5.56 Å². The molecule has 2 heteroatoms. The summed E-state index contributed by atoms with van der Waals surface area (Å²) < 4.78 is 0. The number of carbonyl (C=O) groups excluding carboxylic acids is 1. The molecule has 0 aromatic heterocycles. The van der Waals surface area contributed by atoms with Crippen molar-refractivity contribution in [2.75, 3.05) is 6.54 Å². The standard InChI is InChI=1S/C17H15NO/c1-13-15-9-5-6-10-16(15)17(19)18(13)12-11-14-7-3-2-4-8-14/h2-10H,1,11-12H2. The lowest BCUT2D eigenvalue weighted by Gasteiger charge is -2.17. The maximum absolute atomic E-state index is 12.3. The first-order valence-corrected chi connectivity index (χ1v) is 6.41. The molecule has 1 aliphatic heterocycles. The van der Waals surface area contributed by atoms with Crippen LogP contribution in [0.5, 0.6) is 0 Å². The first-order chi connectivity index (χ1) is 9.27. The normalized spacial score (nSPS) is 13.8. The Hall–Kier alpha value is -2.35. The zero-order valence-electron chi connectivity index (χ0n) is 10.7. The molecule has 0 N–H and O–H groups in total. The number of amides is 1. The third kappa shape index (κ3) is 2.06. The Morgan fingerprint density at radius 1 is 0.895 bits per heavy atom. The highest BCUT2D eigenvalue weighted by atomic mass is 16.2. The molecule has 1 aliphatic rings. The molecule has 0 saturated heterocycles. The average molecular weight is 249 g/mol. The van der Waals surface area contributed by atoms with Crippen molar-refractivity contribution in [2.24, 2.45) is 0 Å². The van der Waals surface area contributed by atoms with Gasteiger partial charge in [-0.15, -0.1) is 0 Å². The van der Waals surface area contributed by atoms with Gasteiger partial charge in [-0.3, -0.25) is 4.79 Å². The van der Waals surface area contributed by atoms with Crippen LogP contribution in [0.4, 0.5) is 0 Å². The predicted octanol–water partition coefficient (Wildman–Crippen LogP) is 3.36. The maximum atomic E-state index is 12.3. The second kappa shape index (κ2) is 4.73. The molecule has 3 rings (SSSR count). The zero-order chi connectivity index (χ0) is 13.2. The van der Waals surface area contributed by atoms with Crippen LogP contribution in [-0.4, -0.2) is 17.4 Å². The van der Waals surface area contributed by atoms with Crippen LogP contribution in [0.2, 0.25) is 0 Å². The summed E-state index contributed by atoms with van der Waals surface area (Å²) in [6.07, 6.45) is 0.847. The van der Waals surface area contributed by atoms with Gasteiger partial charge in [0, 0.05) is 23.4 Å². The highest BCUT2D eigenvalue weighted by Crippen LogP contribution is 2.30. The van der Waals surface area contributed by atoms with Gasteiger partial charge >= 0.3 is 0 Å². The Morgan fingerprint density at radius 2 is 1.53 bits per heavy atom. The minimum Gasteiger partial charge on any atom is -0.308 e. The third-order valence-corrected chi connectivity index (χ3v) is 3.51. The van der Waals surface area contributed by atoms with Crippen molar-refractivity contribution >= 4 is 11.6 Å². The molecule has 0 spiro atoms. The van der Waals surface area contributed by atoms with E-state index in [1.807, 2.05) is 42.5 Å². The molecule has 1 amide bonds. The summed E-state index contributed by atoms with van der Waals surface area (Å²) in [7, 11) is 0. The minimum atomic E-state index is 0.0662. The van der Waals surface area contributed by atoms with Gasteiger partial charge < -0.3 is 4.90 Å². The van der Waals surface area contributed by atoms with Gasteiger partial charge in [0.2, 0.25) is 0 Å². The second-order valence-electron chi connectivity index (χ2n) is 4.68. The molecule has 2 aromatic rings. The highest BCUT2D eigenvalue weighted by Gasteiger charge is 2.29. The van der Waals surface area contributed by atoms with Crippen LogP contribution < -0.4 is 0 Å². The SMILES string of the molecule is C=C1c2ccccc2C(=O)N1CCc1ccccc1. The van der Waals surface area contributed by atoms with E-state index >= 15 is 0 Å². The van der Waals surface area contributed by atoms with E-state index in [-0.39, 0.29) is 5.91 Å². The Balaban J connectivity index is 1.78. The van der Waals surface area contributed by atoms with Gasteiger partial charge in [-0.1, -0.05) is 55.1 Å². The molecular weight excluding hydrogens is 234 g/mol.